The summed E-state index contributed by atoms with van der Waals surface area (Å²) in [6.07, 6.45) is 3.27. The molecule has 124 valence electrons. The molecule has 2 heterocycles. The summed E-state index contributed by atoms with van der Waals surface area (Å²) >= 11 is 6.13. The molecule has 0 aliphatic carbocycles. The van der Waals surface area contributed by atoms with Crippen molar-refractivity contribution in [2.45, 2.75) is 43.2 Å². The number of halogens is 1. The molecular weight excluding hydrogens is 336 g/mol. The molecule has 1 N–H and O–H groups in total. The number of aliphatic hydroxyl groups excluding tert-OH is 1. The number of fused-ring (bicyclic) bond motifs is 1. The molecule has 7 heteroatoms. The van der Waals surface area contributed by atoms with Crippen LogP contribution in [0.1, 0.15) is 26.2 Å². The predicted molar refractivity (Wildman–Crippen MR) is 90.0 cm³/mol. The lowest BCUT2D eigenvalue weighted by Crippen LogP contribution is -2.48. The molecule has 0 amide bonds. The maximum atomic E-state index is 13.2. The molecule has 1 aliphatic rings. The van der Waals surface area contributed by atoms with Crippen molar-refractivity contribution < 1.29 is 13.5 Å². The summed E-state index contributed by atoms with van der Waals surface area (Å²) in [6.45, 7) is 2.06. The molecule has 1 aromatic carbocycles. The van der Waals surface area contributed by atoms with Crippen LogP contribution in [0.5, 0.6) is 0 Å². The first-order valence-electron chi connectivity index (χ1n) is 7.66. The van der Waals surface area contributed by atoms with E-state index in [2.05, 4.69) is 4.98 Å². The van der Waals surface area contributed by atoms with Crippen LogP contribution in [-0.4, -0.2) is 41.5 Å². The van der Waals surface area contributed by atoms with E-state index < -0.39 is 22.2 Å². The summed E-state index contributed by atoms with van der Waals surface area (Å²) in [5.74, 6) is 0. The third-order valence-corrected chi connectivity index (χ3v) is 6.61. The summed E-state index contributed by atoms with van der Waals surface area (Å²) in [6, 6.07) is 6.10. The second kappa shape index (κ2) is 6.36. The molecular formula is C16H19ClN2O3S. The van der Waals surface area contributed by atoms with Gasteiger partial charge in [0.1, 0.15) is 0 Å². The Balaban J connectivity index is 2.15. The average Bonchev–Trinajstić information content (AvgIpc) is 2.55. The number of piperidine rings is 1. The van der Waals surface area contributed by atoms with Gasteiger partial charge < -0.3 is 5.11 Å². The van der Waals surface area contributed by atoms with Gasteiger partial charge in [-0.15, -0.1) is 0 Å². The largest absolute Gasteiger partial charge is 0.392 e. The summed E-state index contributed by atoms with van der Waals surface area (Å²) in [4.78, 5) is 4.38. The molecule has 0 saturated carbocycles. The minimum absolute atomic E-state index is 0.192. The molecule has 1 aromatic heterocycles. The Hall–Kier alpha value is -1.21. The molecule has 2 atom stereocenters. The predicted octanol–water partition coefficient (Wildman–Crippen LogP) is 2.81. The maximum absolute atomic E-state index is 13.2. The van der Waals surface area contributed by atoms with E-state index in [9.17, 15) is 13.5 Å². The monoisotopic (exact) mass is 354 g/mol. The Morgan fingerprint density at radius 3 is 2.87 bits per heavy atom. The summed E-state index contributed by atoms with van der Waals surface area (Å²) in [7, 11) is -3.72. The second-order valence-electron chi connectivity index (χ2n) is 5.86. The quantitative estimate of drug-likeness (QED) is 0.920. The normalized spacial score (nSPS) is 21.4. The number of benzene rings is 1. The van der Waals surface area contributed by atoms with Crippen LogP contribution in [0.25, 0.3) is 10.9 Å². The second-order valence-corrected chi connectivity index (χ2v) is 8.13. The zero-order valence-corrected chi connectivity index (χ0v) is 14.4. The van der Waals surface area contributed by atoms with Gasteiger partial charge in [-0.2, -0.15) is 4.31 Å². The van der Waals surface area contributed by atoms with E-state index >= 15 is 0 Å². The molecule has 2 aromatic rings. The fraction of sp³-hybridized carbons (Fsp3) is 0.438. The molecule has 1 fully saturated rings. The molecule has 0 bridgehead atoms. The highest BCUT2D eigenvalue weighted by Gasteiger charge is 2.36. The molecule has 3 rings (SSSR count). The Kier molecular flexibility index (Phi) is 4.60. The van der Waals surface area contributed by atoms with Crippen LogP contribution in [0.15, 0.2) is 35.4 Å². The van der Waals surface area contributed by atoms with Crippen LogP contribution >= 0.6 is 11.6 Å². The van der Waals surface area contributed by atoms with Gasteiger partial charge in [0.2, 0.25) is 10.0 Å². The van der Waals surface area contributed by atoms with Crippen LogP contribution < -0.4 is 0 Å². The van der Waals surface area contributed by atoms with Crippen molar-refractivity contribution in [3.05, 3.63) is 35.5 Å². The Labute approximate surface area is 140 Å². The van der Waals surface area contributed by atoms with E-state index in [0.717, 1.165) is 12.8 Å². The third-order valence-electron chi connectivity index (χ3n) is 4.32. The number of rotatable bonds is 3. The SMILES string of the molecule is CC(O)C1CCCCN1S(=O)(=O)c1ccc(Cl)c2ncccc12. The van der Waals surface area contributed by atoms with Crippen molar-refractivity contribution in [2.75, 3.05) is 6.54 Å². The van der Waals surface area contributed by atoms with E-state index in [-0.39, 0.29) is 4.90 Å². The van der Waals surface area contributed by atoms with Gasteiger partial charge in [-0.3, -0.25) is 4.98 Å². The van der Waals surface area contributed by atoms with Gasteiger partial charge >= 0.3 is 0 Å². The molecule has 23 heavy (non-hydrogen) atoms. The Bertz CT molecular complexity index is 823. The van der Waals surface area contributed by atoms with Crippen LogP contribution in [0, 0.1) is 0 Å². The minimum Gasteiger partial charge on any atom is -0.392 e. The zero-order chi connectivity index (χ0) is 16.6. The van der Waals surface area contributed by atoms with Crippen molar-refractivity contribution in [1.29, 1.82) is 0 Å². The lowest BCUT2D eigenvalue weighted by Gasteiger charge is -2.36. The van der Waals surface area contributed by atoms with Crippen molar-refractivity contribution in [3.8, 4) is 0 Å². The van der Waals surface area contributed by atoms with Crippen LogP contribution in [0.3, 0.4) is 0 Å². The molecule has 0 radical (unpaired) electrons. The number of pyridine rings is 1. The fourth-order valence-corrected chi connectivity index (χ4v) is 5.33. The highest BCUT2D eigenvalue weighted by atomic mass is 35.5. The first kappa shape index (κ1) is 16.6. The van der Waals surface area contributed by atoms with Gasteiger partial charge in [0.15, 0.2) is 0 Å². The number of hydrogen-bond donors (Lipinski definition) is 1. The van der Waals surface area contributed by atoms with Gasteiger partial charge in [-0.25, -0.2) is 8.42 Å². The van der Waals surface area contributed by atoms with Gasteiger partial charge in [0.05, 0.1) is 27.6 Å². The topological polar surface area (TPSA) is 70.5 Å². The van der Waals surface area contributed by atoms with Crippen molar-refractivity contribution in [3.63, 3.8) is 0 Å². The van der Waals surface area contributed by atoms with E-state index in [1.54, 1.807) is 31.3 Å². The number of aromatic nitrogens is 1. The van der Waals surface area contributed by atoms with Crippen LogP contribution in [0.2, 0.25) is 5.02 Å². The number of aliphatic hydroxyl groups is 1. The Morgan fingerprint density at radius 2 is 2.13 bits per heavy atom. The van der Waals surface area contributed by atoms with Gasteiger partial charge in [-0.1, -0.05) is 18.0 Å². The van der Waals surface area contributed by atoms with Crippen molar-refractivity contribution >= 4 is 32.5 Å². The van der Waals surface area contributed by atoms with E-state index in [0.29, 0.717) is 28.9 Å². The van der Waals surface area contributed by atoms with Crippen molar-refractivity contribution in [2.24, 2.45) is 0 Å². The fourth-order valence-electron chi connectivity index (χ4n) is 3.17. The van der Waals surface area contributed by atoms with Gasteiger partial charge in [0.25, 0.3) is 0 Å². The van der Waals surface area contributed by atoms with Gasteiger partial charge in [-0.05, 0) is 44.0 Å². The standard InChI is InChI=1S/C16H19ClN2O3S/c1-11(20)14-6-2-3-10-19(14)23(21,22)15-8-7-13(17)16-12(15)5-4-9-18-16/h4-5,7-9,11,14,20H,2-3,6,10H2,1H3. The van der Waals surface area contributed by atoms with E-state index in [1.807, 2.05) is 0 Å². The molecule has 5 nitrogen and oxygen atoms in total. The van der Waals surface area contributed by atoms with Crippen molar-refractivity contribution in [1.82, 2.24) is 9.29 Å². The highest BCUT2D eigenvalue weighted by Crippen LogP contribution is 2.33. The lowest BCUT2D eigenvalue weighted by molar-refractivity contribution is 0.0831. The molecule has 1 saturated heterocycles. The van der Waals surface area contributed by atoms with Gasteiger partial charge in [0, 0.05) is 18.1 Å². The summed E-state index contributed by atoms with van der Waals surface area (Å²) < 4.78 is 27.8. The smallest absolute Gasteiger partial charge is 0.244 e. The third kappa shape index (κ3) is 2.96. The maximum Gasteiger partial charge on any atom is 0.244 e. The van der Waals surface area contributed by atoms with Crippen LogP contribution in [0.4, 0.5) is 0 Å². The zero-order valence-electron chi connectivity index (χ0n) is 12.8. The first-order valence-corrected chi connectivity index (χ1v) is 9.48. The molecule has 0 spiro atoms. The minimum atomic E-state index is -3.72. The number of nitrogens with zero attached hydrogens (tertiary/aromatic N) is 2. The summed E-state index contributed by atoms with van der Waals surface area (Å²) in [5.41, 5.74) is 0.473. The molecule has 2 unspecified atom stereocenters. The Morgan fingerprint density at radius 1 is 1.35 bits per heavy atom. The van der Waals surface area contributed by atoms with E-state index in [1.165, 1.54) is 10.4 Å². The number of hydrogen-bond acceptors (Lipinski definition) is 4. The lowest BCUT2D eigenvalue weighted by atomic mass is 10.0. The highest BCUT2D eigenvalue weighted by molar-refractivity contribution is 7.89. The first-order chi connectivity index (χ1) is 10.9. The van der Waals surface area contributed by atoms with E-state index in [4.69, 9.17) is 11.6 Å². The summed E-state index contributed by atoms with van der Waals surface area (Å²) in [5, 5.41) is 10.9. The average molecular weight is 355 g/mol. The number of sulfonamides is 1. The van der Waals surface area contributed by atoms with Crippen LogP contribution in [-0.2, 0) is 10.0 Å². The molecule has 1 aliphatic heterocycles.